The number of likely N-dealkylation sites (tertiary alicyclic amines) is 1. The van der Waals surface area contributed by atoms with Gasteiger partial charge in [-0.2, -0.15) is 0 Å². The summed E-state index contributed by atoms with van der Waals surface area (Å²) in [4.78, 5) is 29.7. The van der Waals surface area contributed by atoms with Crippen LogP contribution >= 0.6 is 0 Å². The Morgan fingerprint density at radius 3 is 2.75 bits per heavy atom. The van der Waals surface area contributed by atoms with Crippen LogP contribution in [0.3, 0.4) is 0 Å². The quantitative estimate of drug-likeness (QED) is 0.572. The van der Waals surface area contributed by atoms with E-state index in [1.807, 2.05) is 4.90 Å². The van der Waals surface area contributed by atoms with Gasteiger partial charge in [-0.3, -0.25) is 0 Å². The zero-order valence-electron chi connectivity index (χ0n) is 17.6. The summed E-state index contributed by atoms with van der Waals surface area (Å²) >= 11 is 0. The van der Waals surface area contributed by atoms with Crippen molar-refractivity contribution in [1.82, 2.24) is 30.2 Å². The van der Waals surface area contributed by atoms with Gasteiger partial charge in [0.1, 0.15) is 11.5 Å². The lowest BCUT2D eigenvalue weighted by molar-refractivity contribution is 0.199. The molecule has 3 N–H and O–H groups in total. The number of urea groups is 1. The molecule has 168 valence electrons. The molecule has 0 spiro atoms. The molecule has 0 aromatic carbocycles. The highest BCUT2D eigenvalue weighted by molar-refractivity contribution is 5.91. The Morgan fingerprint density at radius 2 is 1.91 bits per heavy atom. The predicted octanol–water partition coefficient (Wildman–Crippen LogP) is 3.83. The maximum Gasteiger partial charge on any atom is 0.317 e. The van der Waals surface area contributed by atoms with Crippen LogP contribution in [0.4, 0.5) is 19.4 Å². The molecule has 2 fully saturated rings. The number of carbonyl (C=O) groups excluding carboxylic acids is 1. The van der Waals surface area contributed by atoms with Gasteiger partial charge in [0.2, 0.25) is 0 Å². The first kappa shape index (κ1) is 20.6. The summed E-state index contributed by atoms with van der Waals surface area (Å²) in [5, 5.41) is 6.85. The van der Waals surface area contributed by atoms with Gasteiger partial charge in [-0.1, -0.05) is 0 Å². The fourth-order valence-corrected chi connectivity index (χ4v) is 4.59. The smallest absolute Gasteiger partial charge is 0.317 e. The van der Waals surface area contributed by atoms with E-state index in [0.29, 0.717) is 23.0 Å². The molecule has 5 rings (SSSR count). The minimum Gasteiger partial charge on any atom is -0.365 e. The lowest BCUT2D eigenvalue weighted by atomic mass is 9.91. The zero-order chi connectivity index (χ0) is 22.1. The van der Waals surface area contributed by atoms with Gasteiger partial charge >= 0.3 is 6.03 Å². The second kappa shape index (κ2) is 8.68. The van der Waals surface area contributed by atoms with E-state index in [1.54, 1.807) is 6.20 Å². The van der Waals surface area contributed by atoms with E-state index < -0.39 is 11.6 Å². The summed E-state index contributed by atoms with van der Waals surface area (Å²) in [6.07, 6.45) is 9.37. The van der Waals surface area contributed by atoms with Crippen LogP contribution in [0, 0.1) is 11.6 Å². The zero-order valence-corrected chi connectivity index (χ0v) is 17.6. The Balaban J connectivity index is 1.30. The average Bonchev–Trinajstić information content (AvgIpc) is 3.46. The lowest BCUT2D eigenvalue weighted by Crippen LogP contribution is -2.47. The lowest BCUT2D eigenvalue weighted by Gasteiger charge is -2.32. The van der Waals surface area contributed by atoms with Crippen molar-refractivity contribution >= 4 is 22.9 Å². The Hall–Kier alpha value is -3.30. The molecule has 8 nitrogen and oxygen atoms in total. The minimum absolute atomic E-state index is 0.0103. The number of amides is 2. The van der Waals surface area contributed by atoms with Crippen LogP contribution < -0.4 is 10.6 Å². The third kappa shape index (κ3) is 4.21. The van der Waals surface area contributed by atoms with Gasteiger partial charge in [0.25, 0.3) is 0 Å². The van der Waals surface area contributed by atoms with Gasteiger partial charge < -0.3 is 20.5 Å². The van der Waals surface area contributed by atoms with E-state index in [2.05, 4.69) is 30.6 Å². The number of H-pyrrole nitrogens is 1. The second-order valence-electron chi connectivity index (χ2n) is 8.49. The third-order valence-corrected chi connectivity index (χ3v) is 6.22. The molecule has 3 aromatic heterocycles. The molecular formula is C22H25F2N7O. The van der Waals surface area contributed by atoms with E-state index in [9.17, 15) is 13.6 Å². The molecule has 1 aliphatic carbocycles. The number of hydrogen-bond donors (Lipinski definition) is 3. The number of rotatable bonds is 4. The molecular weight excluding hydrogens is 416 g/mol. The maximum atomic E-state index is 14.5. The fourth-order valence-electron chi connectivity index (χ4n) is 4.59. The first-order chi connectivity index (χ1) is 15.6. The van der Waals surface area contributed by atoms with Crippen molar-refractivity contribution in [2.45, 2.75) is 50.6 Å². The van der Waals surface area contributed by atoms with Gasteiger partial charge in [0, 0.05) is 42.3 Å². The molecule has 4 heterocycles. The van der Waals surface area contributed by atoms with Gasteiger partial charge in [-0.15, -0.1) is 0 Å². The number of halogens is 2. The highest BCUT2D eigenvalue weighted by Crippen LogP contribution is 2.28. The highest BCUT2D eigenvalue weighted by Gasteiger charge is 2.27. The third-order valence-electron chi connectivity index (χ3n) is 6.22. The van der Waals surface area contributed by atoms with Gasteiger partial charge in [-0.05, 0) is 44.6 Å². The van der Waals surface area contributed by atoms with E-state index in [0.717, 1.165) is 57.6 Å². The van der Waals surface area contributed by atoms with Crippen molar-refractivity contribution in [3.05, 3.63) is 36.3 Å². The molecule has 0 radical (unpaired) electrons. The summed E-state index contributed by atoms with van der Waals surface area (Å²) in [7, 11) is 0. The van der Waals surface area contributed by atoms with E-state index >= 15 is 0 Å². The highest BCUT2D eigenvalue weighted by atomic mass is 19.1. The number of nitrogens with zero attached hydrogens (tertiary/aromatic N) is 4. The van der Waals surface area contributed by atoms with Crippen LogP contribution in [0.5, 0.6) is 0 Å². The van der Waals surface area contributed by atoms with Crippen molar-refractivity contribution < 1.29 is 13.6 Å². The molecule has 32 heavy (non-hydrogen) atoms. The molecule has 2 atom stereocenters. The molecule has 1 saturated carbocycles. The number of aromatic nitrogens is 4. The van der Waals surface area contributed by atoms with Gasteiger partial charge in [-0.25, -0.2) is 28.5 Å². The maximum absolute atomic E-state index is 14.5. The Kier molecular flexibility index (Phi) is 5.59. The van der Waals surface area contributed by atoms with Crippen molar-refractivity contribution in [1.29, 1.82) is 0 Å². The molecule has 0 bridgehead atoms. The number of carbonyl (C=O) groups is 1. The normalized spacial score (nSPS) is 21.1. The summed E-state index contributed by atoms with van der Waals surface area (Å²) < 4.78 is 28.2. The number of hydrogen-bond acceptors (Lipinski definition) is 5. The molecule has 10 heteroatoms. The fraction of sp³-hybridized carbons (Fsp3) is 0.455. The number of anilines is 1. The summed E-state index contributed by atoms with van der Waals surface area (Å²) in [5.41, 5.74) is 1.06. The Labute approximate surface area is 183 Å². The monoisotopic (exact) mass is 441 g/mol. The van der Waals surface area contributed by atoms with Crippen molar-refractivity contribution in [3.63, 3.8) is 0 Å². The van der Waals surface area contributed by atoms with Gasteiger partial charge in [0.05, 0.1) is 12.4 Å². The average molecular weight is 441 g/mol. The Bertz CT molecular complexity index is 1130. The standard InChI is InChI=1S/C22H25F2N7O/c23-13-8-16-17(11-26-19(16)25-10-13)20-27-12-18(24)21(30-20)28-14-4-3-5-15(9-14)29-22(32)31-6-1-2-7-31/h8,10-12,14-15H,1-7,9H2,(H,25,26)(H,29,32)(H,27,28,30). The summed E-state index contributed by atoms with van der Waals surface area (Å²) in [6, 6.07) is 1.36. The Morgan fingerprint density at radius 1 is 1.09 bits per heavy atom. The molecule has 1 saturated heterocycles. The van der Waals surface area contributed by atoms with Crippen molar-refractivity contribution in [2.75, 3.05) is 18.4 Å². The molecule has 2 aliphatic rings. The number of fused-ring (bicyclic) bond motifs is 1. The van der Waals surface area contributed by atoms with E-state index in [1.165, 1.54) is 6.07 Å². The minimum atomic E-state index is -0.555. The largest absolute Gasteiger partial charge is 0.365 e. The second-order valence-corrected chi connectivity index (χ2v) is 8.49. The first-order valence-corrected chi connectivity index (χ1v) is 11.0. The summed E-state index contributed by atoms with van der Waals surface area (Å²) in [6.45, 7) is 1.62. The van der Waals surface area contributed by atoms with Crippen molar-refractivity contribution in [2.24, 2.45) is 0 Å². The van der Waals surface area contributed by atoms with Crippen LogP contribution in [-0.4, -0.2) is 56.0 Å². The van der Waals surface area contributed by atoms with Crippen LogP contribution in [0.1, 0.15) is 38.5 Å². The molecule has 1 aliphatic heterocycles. The van der Waals surface area contributed by atoms with Crippen molar-refractivity contribution in [3.8, 4) is 11.4 Å². The topological polar surface area (TPSA) is 98.8 Å². The predicted molar refractivity (Wildman–Crippen MR) is 116 cm³/mol. The number of aromatic amines is 1. The molecule has 2 amide bonds. The van der Waals surface area contributed by atoms with Crippen LogP contribution in [0.2, 0.25) is 0 Å². The number of pyridine rings is 1. The SMILES string of the molecule is O=C(NC1CCCC(Nc2nc(-c3c[nH]c4ncc(F)cc34)ncc2F)C1)N1CCCC1. The van der Waals surface area contributed by atoms with Gasteiger partial charge in [0.15, 0.2) is 17.5 Å². The van der Waals surface area contributed by atoms with Crippen LogP contribution in [0.25, 0.3) is 22.4 Å². The molecule has 2 unspecified atom stereocenters. The summed E-state index contributed by atoms with van der Waals surface area (Å²) in [5.74, 6) is -0.642. The first-order valence-electron chi connectivity index (χ1n) is 11.0. The van der Waals surface area contributed by atoms with Crippen LogP contribution in [-0.2, 0) is 0 Å². The number of nitrogens with one attached hydrogen (secondary N) is 3. The molecule has 3 aromatic rings. The van der Waals surface area contributed by atoms with E-state index in [-0.39, 0.29) is 29.8 Å². The van der Waals surface area contributed by atoms with Crippen LogP contribution in [0.15, 0.2) is 24.7 Å². The van der Waals surface area contributed by atoms with E-state index in [4.69, 9.17) is 0 Å².